The summed E-state index contributed by atoms with van der Waals surface area (Å²) in [6.45, 7) is 1.52. The van der Waals surface area contributed by atoms with Gasteiger partial charge in [-0.3, -0.25) is 10.1 Å². The van der Waals surface area contributed by atoms with E-state index in [1.165, 1.54) is 6.92 Å². The minimum absolute atomic E-state index is 0.102. The van der Waals surface area contributed by atoms with E-state index in [2.05, 4.69) is 5.32 Å². The van der Waals surface area contributed by atoms with Crippen LogP contribution in [0.3, 0.4) is 0 Å². The number of nitrogens with zero attached hydrogens (tertiary/aromatic N) is 1. The van der Waals surface area contributed by atoms with Crippen LogP contribution in [-0.4, -0.2) is 22.0 Å². The summed E-state index contributed by atoms with van der Waals surface area (Å²) in [6.07, 6.45) is 0.102. The smallest absolute Gasteiger partial charge is 0.327 e. The summed E-state index contributed by atoms with van der Waals surface area (Å²) in [7, 11) is 0. The van der Waals surface area contributed by atoms with Gasteiger partial charge in [0.25, 0.3) is 0 Å². The van der Waals surface area contributed by atoms with Crippen molar-refractivity contribution >= 4 is 17.3 Å². The number of carboxylic acid groups (broad SMARTS) is 1. The van der Waals surface area contributed by atoms with Crippen LogP contribution in [0.2, 0.25) is 0 Å². The van der Waals surface area contributed by atoms with Gasteiger partial charge in [0.1, 0.15) is 17.5 Å². The van der Waals surface area contributed by atoms with Crippen molar-refractivity contribution in [3.63, 3.8) is 0 Å². The average molecular weight is 260 g/mol. The molecule has 0 aliphatic carbocycles. The van der Waals surface area contributed by atoms with Gasteiger partial charge in [0.2, 0.25) is 5.82 Å². The second kappa shape index (κ2) is 5.39. The number of nitro benzene ring substituents is 1. The fraction of sp³-hybridized carbons (Fsp3) is 0.300. The molecule has 0 radical (unpaired) electrons. The van der Waals surface area contributed by atoms with E-state index in [9.17, 15) is 23.7 Å². The SMILES string of the molecule is CCC(Nc1cc(F)cc(F)c1[N+](=O)[O-])C(=O)O. The van der Waals surface area contributed by atoms with Gasteiger partial charge < -0.3 is 10.4 Å². The van der Waals surface area contributed by atoms with Crippen LogP contribution in [0, 0.1) is 21.7 Å². The maximum Gasteiger partial charge on any atom is 0.327 e. The number of benzene rings is 1. The fourth-order valence-electron chi connectivity index (χ4n) is 1.39. The van der Waals surface area contributed by atoms with Gasteiger partial charge in [-0.2, -0.15) is 4.39 Å². The van der Waals surface area contributed by atoms with Crippen molar-refractivity contribution in [1.82, 2.24) is 0 Å². The van der Waals surface area contributed by atoms with Gasteiger partial charge >= 0.3 is 11.7 Å². The monoisotopic (exact) mass is 260 g/mol. The minimum Gasteiger partial charge on any atom is -0.480 e. The molecule has 0 saturated carbocycles. The van der Waals surface area contributed by atoms with Crippen molar-refractivity contribution in [1.29, 1.82) is 0 Å². The molecule has 0 fully saturated rings. The Kier molecular flexibility index (Phi) is 4.13. The number of anilines is 1. The maximum absolute atomic E-state index is 13.2. The molecule has 6 nitrogen and oxygen atoms in total. The number of nitro groups is 1. The van der Waals surface area contributed by atoms with E-state index in [1.54, 1.807) is 0 Å². The first-order valence-corrected chi connectivity index (χ1v) is 4.99. The normalized spacial score (nSPS) is 11.9. The van der Waals surface area contributed by atoms with Crippen LogP contribution in [0.4, 0.5) is 20.2 Å². The Balaban J connectivity index is 3.22. The lowest BCUT2D eigenvalue weighted by molar-refractivity contribution is -0.386. The summed E-state index contributed by atoms with van der Waals surface area (Å²) < 4.78 is 26.2. The first-order chi connectivity index (χ1) is 8.36. The van der Waals surface area contributed by atoms with Crippen molar-refractivity contribution in [3.8, 4) is 0 Å². The average Bonchev–Trinajstić information content (AvgIpc) is 2.23. The number of rotatable bonds is 5. The van der Waals surface area contributed by atoms with E-state index in [1.807, 2.05) is 0 Å². The van der Waals surface area contributed by atoms with Gasteiger partial charge in [0.05, 0.1) is 4.92 Å². The summed E-state index contributed by atoms with van der Waals surface area (Å²) in [6, 6.07) is -0.109. The molecule has 0 heterocycles. The van der Waals surface area contributed by atoms with E-state index in [0.717, 1.165) is 0 Å². The zero-order valence-corrected chi connectivity index (χ0v) is 9.31. The first-order valence-electron chi connectivity index (χ1n) is 4.99. The van der Waals surface area contributed by atoms with Crippen LogP contribution in [0.25, 0.3) is 0 Å². The zero-order chi connectivity index (χ0) is 13.9. The molecule has 0 aromatic heterocycles. The number of hydrogen-bond donors (Lipinski definition) is 2. The van der Waals surface area contributed by atoms with Crippen LogP contribution >= 0.6 is 0 Å². The molecule has 0 aliphatic rings. The summed E-state index contributed by atoms with van der Waals surface area (Å²) >= 11 is 0. The van der Waals surface area contributed by atoms with Gasteiger partial charge in [-0.1, -0.05) is 6.92 Å². The van der Waals surface area contributed by atoms with Crippen LogP contribution in [-0.2, 0) is 4.79 Å². The number of nitrogens with one attached hydrogen (secondary N) is 1. The molecule has 1 aromatic rings. The number of hydrogen-bond acceptors (Lipinski definition) is 4. The molecule has 0 bridgehead atoms. The summed E-state index contributed by atoms with van der Waals surface area (Å²) in [5, 5.41) is 21.7. The van der Waals surface area contributed by atoms with Crippen LogP contribution < -0.4 is 5.32 Å². The third-order valence-electron chi connectivity index (χ3n) is 2.25. The standard InChI is InChI=1S/C10H10F2N2O4/c1-2-7(10(15)16)13-8-4-5(11)3-6(12)9(8)14(17)18/h3-4,7,13H,2H2,1H3,(H,15,16). The molecule has 1 rings (SSSR count). The van der Waals surface area contributed by atoms with Crippen molar-refractivity contribution in [3.05, 3.63) is 33.9 Å². The molecule has 1 aromatic carbocycles. The third-order valence-corrected chi connectivity index (χ3v) is 2.25. The van der Waals surface area contributed by atoms with Crippen molar-refractivity contribution in [2.45, 2.75) is 19.4 Å². The highest BCUT2D eigenvalue weighted by Gasteiger charge is 2.25. The van der Waals surface area contributed by atoms with Gasteiger partial charge in [-0.15, -0.1) is 0 Å². The number of carboxylic acids is 1. The summed E-state index contributed by atoms with van der Waals surface area (Å²) in [5.41, 5.74) is -1.47. The predicted octanol–water partition coefficient (Wildman–Crippen LogP) is 2.15. The summed E-state index contributed by atoms with van der Waals surface area (Å²) in [5.74, 6) is -3.65. The van der Waals surface area contributed by atoms with E-state index < -0.39 is 39.9 Å². The largest absolute Gasteiger partial charge is 0.480 e. The van der Waals surface area contributed by atoms with Gasteiger partial charge in [0, 0.05) is 12.1 Å². The Labute approximate surface area is 100 Å². The van der Waals surface area contributed by atoms with E-state index in [-0.39, 0.29) is 6.42 Å². The van der Waals surface area contributed by atoms with E-state index in [4.69, 9.17) is 5.11 Å². The van der Waals surface area contributed by atoms with Gasteiger partial charge in [0.15, 0.2) is 0 Å². The second-order valence-corrected chi connectivity index (χ2v) is 3.48. The Morgan fingerprint density at radius 3 is 2.61 bits per heavy atom. The minimum atomic E-state index is -1.36. The molecule has 1 atom stereocenters. The number of halogens is 2. The Hall–Kier alpha value is -2.25. The molecule has 0 aliphatic heterocycles. The topological polar surface area (TPSA) is 92.5 Å². The van der Waals surface area contributed by atoms with E-state index >= 15 is 0 Å². The highest BCUT2D eigenvalue weighted by Crippen LogP contribution is 2.29. The van der Waals surface area contributed by atoms with Crippen molar-refractivity contribution in [2.75, 3.05) is 5.32 Å². The molecular weight excluding hydrogens is 250 g/mol. The molecule has 0 amide bonds. The number of aliphatic carboxylic acids is 1. The van der Waals surface area contributed by atoms with Crippen LogP contribution in [0.1, 0.15) is 13.3 Å². The van der Waals surface area contributed by atoms with Gasteiger partial charge in [-0.05, 0) is 6.42 Å². The quantitative estimate of drug-likeness (QED) is 0.625. The van der Waals surface area contributed by atoms with Crippen LogP contribution in [0.5, 0.6) is 0 Å². The summed E-state index contributed by atoms with van der Waals surface area (Å²) in [4.78, 5) is 20.4. The molecule has 8 heteroatoms. The lowest BCUT2D eigenvalue weighted by Crippen LogP contribution is -2.28. The third kappa shape index (κ3) is 2.90. The molecular formula is C10H10F2N2O4. The number of carbonyl (C=O) groups is 1. The lowest BCUT2D eigenvalue weighted by atomic mass is 10.2. The zero-order valence-electron chi connectivity index (χ0n) is 9.31. The molecule has 1 unspecified atom stereocenters. The molecule has 2 N–H and O–H groups in total. The highest BCUT2D eigenvalue weighted by atomic mass is 19.1. The lowest BCUT2D eigenvalue weighted by Gasteiger charge is -2.13. The van der Waals surface area contributed by atoms with Crippen molar-refractivity contribution < 1.29 is 23.6 Å². The highest BCUT2D eigenvalue weighted by molar-refractivity contribution is 5.79. The van der Waals surface area contributed by atoms with Crippen molar-refractivity contribution in [2.24, 2.45) is 0 Å². The predicted molar refractivity (Wildman–Crippen MR) is 58.3 cm³/mol. The Morgan fingerprint density at radius 2 is 2.17 bits per heavy atom. The molecule has 0 saturated heterocycles. The Bertz CT molecular complexity index is 493. The first kappa shape index (κ1) is 13.8. The molecule has 98 valence electrons. The molecule has 18 heavy (non-hydrogen) atoms. The van der Waals surface area contributed by atoms with Gasteiger partial charge in [-0.25, -0.2) is 9.18 Å². The fourth-order valence-corrected chi connectivity index (χ4v) is 1.39. The Morgan fingerprint density at radius 1 is 1.56 bits per heavy atom. The second-order valence-electron chi connectivity index (χ2n) is 3.48. The maximum atomic E-state index is 13.2. The van der Waals surface area contributed by atoms with Crippen LogP contribution in [0.15, 0.2) is 12.1 Å². The molecule has 0 spiro atoms. The van der Waals surface area contributed by atoms with E-state index in [0.29, 0.717) is 12.1 Å².